The number of hydrogen-bond donors (Lipinski definition) is 1. The number of aryl methyl sites for hydroxylation is 1. The Hall–Kier alpha value is -3.61. The molecule has 0 bridgehead atoms. The fourth-order valence-electron chi connectivity index (χ4n) is 2.94. The third kappa shape index (κ3) is 5.01. The molecule has 29 heavy (non-hydrogen) atoms. The van der Waals surface area contributed by atoms with E-state index in [0.29, 0.717) is 5.76 Å². The molecule has 0 spiro atoms. The molecule has 0 aliphatic heterocycles. The molecular weight excluding hydrogens is 370 g/mol. The van der Waals surface area contributed by atoms with Gasteiger partial charge in [-0.2, -0.15) is 5.10 Å². The van der Waals surface area contributed by atoms with E-state index in [1.807, 2.05) is 48.9 Å². The molecule has 3 rings (SSSR count). The van der Waals surface area contributed by atoms with Gasteiger partial charge in [-0.05, 0) is 51.1 Å². The van der Waals surface area contributed by atoms with Gasteiger partial charge in [0.25, 0.3) is 5.91 Å². The zero-order chi connectivity index (χ0) is 20.8. The van der Waals surface area contributed by atoms with E-state index in [0.717, 1.165) is 22.6 Å². The highest BCUT2D eigenvalue weighted by molar-refractivity contribution is 5.89. The van der Waals surface area contributed by atoms with Crippen molar-refractivity contribution in [1.29, 1.82) is 0 Å². The van der Waals surface area contributed by atoms with Crippen LogP contribution < -0.4 is 5.32 Å². The van der Waals surface area contributed by atoms with Crippen molar-refractivity contribution in [3.8, 4) is 5.69 Å². The van der Waals surface area contributed by atoms with Crippen LogP contribution in [-0.4, -0.2) is 28.3 Å². The second-order valence-electron chi connectivity index (χ2n) is 6.58. The van der Waals surface area contributed by atoms with Crippen LogP contribution in [0.3, 0.4) is 0 Å². The number of nitrogens with one attached hydrogen (secondary N) is 1. The molecule has 7 heteroatoms. The van der Waals surface area contributed by atoms with Gasteiger partial charge in [0.05, 0.1) is 23.7 Å². The van der Waals surface area contributed by atoms with Gasteiger partial charge in [0.15, 0.2) is 6.61 Å². The van der Waals surface area contributed by atoms with Gasteiger partial charge in [-0.25, -0.2) is 9.48 Å². The Morgan fingerprint density at radius 1 is 1.21 bits per heavy atom. The number of carbonyl (C=O) groups excluding carboxylic acids is 2. The first-order valence-corrected chi connectivity index (χ1v) is 9.25. The van der Waals surface area contributed by atoms with E-state index in [9.17, 15) is 9.59 Å². The third-order valence-corrected chi connectivity index (χ3v) is 4.43. The zero-order valence-electron chi connectivity index (χ0n) is 16.6. The molecule has 1 N–H and O–H groups in total. The number of rotatable bonds is 7. The molecule has 1 atom stereocenters. The van der Waals surface area contributed by atoms with Crippen molar-refractivity contribution in [3.63, 3.8) is 0 Å². The average molecular weight is 393 g/mol. The molecule has 0 fully saturated rings. The molecule has 0 saturated carbocycles. The lowest BCUT2D eigenvalue weighted by atomic mass is 10.2. The molecule has 150 valence electrons. The van der Waals surface area contributed by atoms with Crippen LogP contribution in [0.5, 0.6) is 0 Å². The van der Waals surface area contributed by atoms with Crippen molar-refractivity contribution >= 4 is 18.0 Å². The minimum absolute atomic E-state index is 0.305. The first-order valence-electron chi connectivity index (χ1n) is 9.25. The minimum Gasteiger partial charge on any atom is -0.467 e. The summed E-state index contributed by atoms with van der Waals surface area (Å²) in [6.45, 7) is 5.23. The zero-order valence-corrected chi connectivity index (χ0v) is 16.6. The molecule has 3 aromatic rings. The van der Waals surface area contributed by atoms with E-state index in [1.165, 1.54) is 12.3 Å². The number of aromatic nitrogens is 2. The Morgan fingerprint density at radius 2 is 1.97 bits per heavy atom. The van der Waals surface area contributed by atoms with Crippen molar-refractivity contribution in [2.24, 2.45) is 0 Å². The summed E-state index contributed by atoms with van der Waals surface area (Å²) in [5.41, 5.74) is 3.47. The summed E-state index contributed by atoms with van der Waals surface area (Å²) in [7, 11) is 0. The fourth-order valence-corrected chi connectivity index (χ4v) is 2.94. The lowest BCUT2D eigenvalue weighted by Gasteiger charge is -2.11. The lowest BCUT2D eigenvalue weighted by Crippen LogP contribution is -2.30. The second-order valence-corrected chi connectivity index (χ2v) is 6.58. The number of esters is 1. The van der Waals surface area contributed by atoms with Crippen LogP contribution in [-0.2, 0) is 14.3 Å². The predicted molar refractivity (Wildman–Crippen MR) is 108 cm³/mol. The number of carbonyl (C=O) groups is 2. The van der Waals surface area contributed by atoms with Gasteiger partial charge in [-0.3, -0.25) is 4.79 Å². The van der Waals surface area contributed by atoms with E-state index in [2.05, 4.69) is 10.4 Å². The maximum absolute atomic E-state index is 12.0. The molecule has 2 aromatic heterocycles. The average Bonchev–Trinajstić information content (AvgIpc) is 3.34. The van der Waals surface area contributed by atoms with Gasteiger partial charge in [0.2, 0.25) is 0 Å². The summed E-state index contributed by atoms with van der Waals surface area (Å²) >= 11 is 0. The SMILES string of the molecule is Cc1nn(-c2ccccc2)c(C)c1/C=C/C(=O)OCC(=O)N[C@H](C)c1ccco1. The largest absolute Gasteiger partial charge is 0.467 e. The van der Waals surface area contributed by atoms with Crippen LogP contribution in [0.25, 0.3) is 11.8 Å². The molecular formula is C22H23N3O4. The van der Waals surface area contributed by atoms with Crippen LogP contribution in [0.15, 0.2) is 59.2 Å². The summed E-state index contributed by atoms with van der Waals surface area (Å²) in [6.07, 6.45) is 4.49. The molecule has 7 nitrogen and oxygen atoms in total. The molecule has 1 amide bonds. The minimum atomic E-state index is -0.600. The fraction of sp³-hybridized carbons (Fsp3) is 0.227. The second kappa shape index (κ2) is 9.05. The number of para-hydroxylation sites is 1. The highest BCUT2D eigenvalue weighted by atomic mass is 16.5. The Labute approximate surface area is 169 Å². The highest BCUT2D eigenvalue weighted by Crippen LogP contribution is 2.19. The number of furan rings is 1. The first-order chi connectivity index (χ1) is 14.0. The van der Waals surface area contributed by atoms with Crippen LogP contribution in [0.4, 0.5) is 0 Å². The van der Waals surface area contributed by atoms with Crippen molar-refractivity contribution < 1.29 is 18.7 Å². The van der Waals surface area contributed by atoms with Crippen LogP contribution in [0.1, 0.15) is 35.7 Å². The highest BCUT2D eigenvalue weighted by Gasteiger charge is 2.14. The molecule has 0 radical (unpaired) electrons. The Balaban J connectivity index is 1.57. The van der Waals surface area contributed by atoms with Crippen molar-refractivity contribution in [2.75, 3.05) is 6.61 Å². The van der Waals surface area contributed by atoms with Crippen molar-refractivity contribution in [1.82, 2.24) is 15.1 Å². The van der Waals surface area contributed by atoms with Crippen LogP contribution >= 0.6 is 0 Å². The monoisotopic (exact) mass is 393 g/mol. The maximum atomic E-state index is 12.0. The Bertz CT molecular complexity index is 1000. The first kappa shape index (κ1) is 20.1. The van der Waals surface area contributed by atoms with E-state index < -0.39 is 11.9 Å². The van der Waals surface area contributed by atoms with Crippen LogP contribution in [0, 0.1) is 13.8 Å². The van der Waals surface area contributed by atoms with E-state index in [1.54, 1.807) is 25.1 Å². The number of nitrogens with zero attached hydrogens (tertiary/aromatic N) is 2. The third-order valence-electron chi connectivity index (χ3n) is 4.43. The number of hydrogen-bond acceptors (Lipinski definition) is 5. The van der Waals surface area contributed by atoms with Gasteiger partial charge >= 0.3 is 5.97 Å². The lowest BCUT2D eigenvalue weighted by molar-refractivity contribution is -0.144. The normalized spacial score (nSPS) is 12.1. The molecule has 0 saturated heterocycles. The van der Waals surface area contributed by atoms with Gasteiger partial charge in [-0.15, -0.1) is 0 Å². The van der Waals surface area contributed by atoms with Crippen molar-refractivity contribution in [3.05, 3.63) is 77.5 Å². The smallest absolute Gasteiger partial charge is 0.331 e. The van der Waals surface area contributed by atoms with Gasteiger partial charge in [0.1, 0.15) is 5.76 Å². The summed E-state index contributed by atoms with van der Waals surface area (Å²) in [4.78, 5) is 23.9. The van der Waals surface area contributed by atoms with E-state index >= 15 is 0 Å². The maximum Gasteiger partial charge on any atom is 0.331 e. The topological polar surface area (TPSA) is 86.4 Å². The number of benzene rings is 1. The number of ether oxygens (including phenoxy) is 1. The van der Waals surface area contributed by atoms with Gasteiger partial charge < -0.3 is 14.5 Å². The molecule has 0 aliphatic carbocycles. The summed E-state index contributed by atoms with van der Waals surface area (Å²) in [5.74, 6) is -0.372. The Morgan fingerprint density at radius 3 is 2.66 bits per heavy atom. The number of amides is 1. The summed E-state index contributed by atoms with van der Waals surface area (Å²) in [5, 5.41) is 7.23. The Kier molecular flexibility index (Phi) is 6.29. The molecule has 0 unspecified atom stereocenters. The van der Waals surface area contributed by atoms with E-state index in [4.69, 9.17) is 9.15 Å². The summed E-state index contributed by atoms with van der Waals surface area (Å²) < 4.78 is 12.1. The molecule has 2 heterocycles. The molecule has 1 aromatic carbocycles. The molecule has 0 aliphatic rings. The van der Waals surface area contributed by atoms with Crippen LogP contribution in [0.2, 0.25) is 0 Å². The predicted octanol–water partition coefficient (Wildman–Crippen LogP) is 3.52. The quantitative estimate of drug-likeness (QED) is 0.490. The van der Waals surface area contributed by atoms with Gasteiger partial charge in [0, 0.05) is 17.3 Å². The van der Waals surface area contributed by atoms with E-state index in [-0.39, 0.29) is 12.6 Å². The van der Waals surface area contributed by atoms with Gasteiger partial charge in [-0.1, -0.05) is 18.2 Å². The van der Waals surface area contributed by atoms with Crippen molar-refractivity contribution in [2.45, 2.75) is 26.8 Å². The summed E-state index contributed by atoms with van der Waals surface area (Å²) in [6, 6.07) is 12.9. The standard InChI is InChI=1S/C22H23N3O4/c1-15-19(17(3)25(24-15)18-8-5-4-6-9-18)11-12-22(27)29-14-21(26)23-16(2)20-10-7-13-28-20/h4-13,16H,14H2,1-3H3,(H,23,26)/b12-11+/t16-/m1/s1.